The van der Waals surface area contributed by atoms with Gasteiger partial charge in [0.25, 0.3) is 0 Å². The summed E-state index contributed by atoms with van der Waals surface area (Å²) in [7, 11) is -3.36. The topological polar surface area (TPSA) is 72.2 Å². The van der Waals surface area contributed by atoms with Crippen molar-refractivity contribution in [3.63, 3.8) is 0 Å². The molecule has 4 nitrogen and oxygen atoms in total. The molecule has 3 N–H and O–H groups in total. The minimum Gasteiger partial charge on any atom is -0.308 e. The zero-order chi connectivity index (χ0) is 13.2. The number of fused-ring (bicyclic) bond motifs is 1. The fourth-order valence-corrected chi connectivity index (χ4v) is 3.93. The number of primary sulfonamides is 1. The van der Waals surface area contributed by atoms with E-state index in [2.05, 4.69) is 18.3 Å². The van der Waals surface area contributed by atoms with Crippen LogP contribution < -0.4 is 10.5 Å². The van der Waals surface area contributed by atoms with Gasteiger partial charge in [-0.15, -0.1) is 11.3 Å². The number of rotatable bonds is 5. The van der Waals surface area contributed by atoms with Crippen LogP contribution >= 0.6 is 11.3 Å². The third-order valence-corrected chi connectivity index (χ3v) is 5.47. The quantitative estimate of drug-likeness (QED) is 0.864. The molecule has 0 aliphatic heterocycles. The first-order valence-corrected chi connectivity index (χ1v) is 8.84. The van der Waals surface area contributed by atoms with Crippen molar-refractivity contribution in [3.05, 3.63) is 21.4 Å². The molecule has 1 aromatic rings. The molecule has 6 heteroatoms. The van der Waals surface area contributed by atoms with Crippen molar-refractivity contribution in [3.8, 4) is 0 Å². The Bertz CT molecular complexity index is 485. The van der Waals surface area contributed by atoms with Crippen LogP contribution in [0, 0.1) is 0 Å². The molecule has 1 aliphatic carbocycles. The van der Waals surface area contributed by atoms with Gasteiger partial charge in [-0.3, -0.25) is 0 Å². The van der Waals surface area contributed by atoms with E-state index >= 15 is 0 Å². The fourth-order valence-electron chi connectivity index (χ4n) is 2.25. The number of thiophene rings is 1. The minimum atomic E-state index is -3.36. The highest BCUT2D eigenvalue weighted by molar-refractivity contribution is 7.89. The van der Waals surface area contributed by atoms with E-state index in [4.69, 9.17) is 5.14 Å². The van der Waals surface area contributed by atoms with Crippen LogP contribution in [0.1, 0.15) is 41.1 Å². The van der Waals surface area contributed by atoms with Crippen LogP contribution in [0.4, 0.5) is 0 Å². The van der Waals surface area contributed by atoms with Gasteiger partial charge in [0.05, 0.1) is 5.75 Å². The van der Waals surface area contributed by atoms with Gasteiger partial charge in [0.1, 0.15) is 0 Å². The zero-order valence-corrected chi connectivity index (χ0v) is 12.2. The van der Waals surface area contributed by atoms with Crippen molar-refractivity contribution in [2.45, 2.75) is 38.6 Å². The molecule has 0 aromatic carbocycles. The van der Waals surface area contributed by atoms with Gasteiger partial charge in [-0.05, 0) is 44.2 Å². The number of sulfonamides is 1. The Labute approximate surface area is 113 Å². The molecule has 1 aliphatic rings. The molecule has 0 bridgehead atoms. The predicted molar refractivity (Wildman–Crippen MR) is 75.4 cm³/mol. The number of nitrogens with two attached hydrogens (primary N) is 1. The van der Waals surface area contributed by atoms with Gasteiger partial charge in [0.2, 0.25) is 10.0 Å². The lowest BCUT2D eigenvalue weighted by Gasteiger charge is -2.11. The molecule has 2 rings (SSSR count). The lowest BCUT2D eigenvalue weighted by Crippen LogP contribution is -2.28. The van der Waals surface area contributed by atoms with Crippen molar-refractivity contribution in [2.75, 3.05) is 12.3 Å². The van der Waals surface area contributed by atoms with Crippen molar-refractivity contribution in [2.24, 2.45) is 5.14 Å². The van der Waals surface area contributed by atoms with Crippen LogP contribution in [0.15, 0.2) is 6.07 Å². The Morgan fingerprint density at radius 2 is 2.17 bits per heavy atom. The van der Waals surface area contributed by atoms with Gasteiger partial charge in [0, 0.05) is 22.3 Å². The molecular formula is C12H20N2O2S2. The highest BCUT2D eigenvalue weighted by Gasteiger charge is 2.16. The summed E-state index contributed by atoms with van der Waals surface area (Å²) in [5.41, 5.74) is 1.49. The maximum atomic E-state index is 10.8. The maximum Gasteiger partial charge on any atom is 0.210 e. The van der Waals surface area contributed by atoms with Crippen molar-refractivity contribution < 1.29 is 8.42 Å². The number of hydrogen-bond donors (Lipinski definition) is 2. The molecule has 1 heterocycles. The van der Waals surface area contributed by atoms with E-state index in [0.29, 0.717) is 6.54 Å². The molecule has 0 amide bonds. The Kier molecular flexibility index (Phi) is 4.42. The lowest BCUT2D eigenvalue weighted by molar-refractivity contribution is 0.576. The molecular weight excluding hydrogens is 268 g/mol. The standard InChI is InChI=1S/C12H20N2O2S2/c1-9(14-6-7-18(13,15)16)12-8-10-4-2-3-5-11(10)17-12/h8-9,14H,2-7H2,1H3,(H2,13,15,16). The third kappa shape index (κ3) is 3.78. The number of hydrogen-bond acceptors (Lipinski definition) is 4. The Morgan fingerprint density at radius 3 is 2.83 bits per heavy atom. The van der Waals surface area contributed by atoms with Crippen molar-refractivity contribution >= 4 is 21.4 Å². The van der Waals surface area contributed by atoms with E-state index < -0.39 is 10.0 Å². The van der Waals surface area contributed by atoms with Crippen LogP contribution in [0.2, 0.25) is 0 Å². The number of aryl methyl sites for hydroxylation is 2. The van der Waals surface area contributed by atoms with E-state index in [1.807, 2.05) is 11.3 Å². The normalized spacial score (nSPS) is 17.4. The lowest BCUT2D eigenvalue weighted by atomic mass is 9.99. The number of nitrogens with one attached hydrogen (secondary N) is 1. The van der Waals surface area contributed by atoms with Crippen LogP contribution in [0.25, 0.3) is 0 Å². The van der Waals surface area contributed by atoms with Crippen LogP contribution in [0.3, 0.4) is 0 Å². The monoisotopic (exact) mass is 288 g/mol. The van der Waals surface area contributed by atoms with Gasteiger partial charge in [-0.2, -0.15) is 0 Å². The average molecular weight is 288 g/mol. The molecule has 1 atom stereocenters. The summed E-state index contributed by atoms with van der Waals surface area (Å²) >= 11 is 1.86. The molecule has 0 radical (unpaired) electrons. The van der Waals surface area contributed by atoms with E-state index in [9.17, 15) is 8.42 Å². The van der Waals surface area contributed by atoms with E-state index in [0.717, 1.165) is 0 Å². The van der Waals surface area contributed by atoms with E-state index in [1.165, 1.54) is 41.0 Å². The third-order valence-electron chi connectivity index (χ3n) is 3.28. The SMILES string of the molecule is CC(NCCS(N)(=O)=O)c1cc2c(s1)CCCC2. The zero-order valence-electron chi connectivity index (χ0n) is 10.6. The molecule has 18 heavy (non-hydrogen) atoms. The van der Waals surface area contributed by atoms with Crippen LogP contribution in [0.5, 0.6) is 0 Å². The first kappa shape index (κ1) is 14.0. The first-order chi connectivity index (χ1) is 8.46. The Morgan fingerprint density at radius 1 is 1.44 bits per heavy atom. The Balaban J connectivity index is 1.92. The highest BCUT2D eigenvalue weighted by Crippen LogP contribution is 2.32. The van der Waals surface area contributed by atoms with E-state index in [-0.39, 0.29) is 11.8 Å². The molecule has 102 valence electrons. The second kappa shape index (κ2) is 5.69. The molecule has 1 unspecified atom stereocenters. The summed E-state index contributed by atoms with van der Waals surface area (Å²) in [5, 5.41) is 8.19. The average Bonchev–Trinajstić information content (AvgIpc) is 2.70. The smallest absolute Gasteiger partial charge is 0.210 e. The van der Waals surface area contributed by atoms with Crippen molar-refractivity contribution in [1.29, 1.82) is 0 Å². The Hall–Kier alpha value is -0.430. The van der Waals surface area contributed by atoms with Crippen LogP contribution in [-0.4, -0.2) is 20.7 Å². The summed E-state index contributed by atoms with van der Waals surface area (Å²) in [6, 6.07) is 2.47. The van der Waals surface area contributed by atoms with Crippen LogP contribution in [-0.2, 0) is 22.9 Å². The second-order valence-electron chi connectivity index (χ2n) is 4.85. The highest BCUT2D eigenvalue weighted by atomic mass is 32.2. The van der Waals surface area contributed by atoms with Crippen molar-refractivity contribution in [1.82, 2.24) is 5.32 Å². The van der Waals surface area contributed by atoms with Gasteiger partial charge < -0.3 is 5.32 Å². The largest absolute Gasteiger partial charge is 0.308 e. The molecule has 0 saturated heterocycles. The predicted octanol–water partition coefficient (Wildman–Crippen LogP) is 1.57. The maximum absolute atomic E-state index is 10.8. The summed E-state index contributed by atoms with van der Waals surface area (Å²) in [6.07, 6.45) is 4.97. The molecule has 0 fully saturated rings. The van der Waals surface area contributed by atoms with Gasteiger partial charge >= 0.3 is 0 Å². The van der Waals surface area contributed by atoms with E-state index in [1.54, 1.807) is 0 Å². The molecule has 0 spiro atoms. The summed E-state index contributed by atoms with van der Waals surface area (Å²) in [5.74, 6) is -0.0115. The van der Waals surface area contributed by atoms with Gasteiger partial charge in [-0.1, -0.05) is 0 Å². The first-order valence-electron chi connectivity index (χ1n) is 6.31. The van der Waals surface area contributed by atoms with Gasteiger partial charge in [-0.25, -0.2) is 13.6 Å². The second-order valence-corrected chi connectivity index (χ2v) is 7.75. The molecule has 0 saturated carbocycles. The summed E-state index contributed by atoms with van der Waals surface area (Å²) in [4.78, 5) is 2.81. The summed E-state index contributed by atoms with van der Waals surface area (Å²) in [6.45, 7) is 2.48. The fraction of sp³-hybridized carbons (Fsp3) is 0.667. The van der Waals surface area contributed by atoms with Gasteiger partial charge in [0.15, 0.2) is 0 Å². The summed E-state index contributed by atoms with van der Waals surface area (Å²) < 4.78 is 21.7. The minimum absolute atomic E-state index is 0.0115. The molecule has 1 aromatic heterocycles.